The zero-order valence-corrected chi connectivity index (χ0v) is 7.13. The van der Waals surface area contributed by atoms with Crippen LogP contribution in [0.1, 0.15) is 13.8 Å². The zero-order valence-electron chi connectivity index (χ0n) is 6.37. The van der Waals surface area contributed by atoms with Crippen LogP contribution < -0.4 is 0 Å². The second-order valence-electron chi connectivity index (χ2n) is 2.92. The fourth-order valence-corrected chi connectivity index (χ4v) is 1.27. The van der Waals surface area contributed by atoms with Gasteiger partial charge in [-0.15, -0.1) is 11.6 Å². The van der Waals surface area contributed by atoms with Gasteiger partial charge in [-0.1, -0.05) is 0 Å². The van der Waals surface area contributed by atoms with E-state index < -0.39 is 17.9 Å². The Morgan fingerprint density at radius 1 is 1.45 bits per heavy atom. The van der Waals surface area contributed by atoms with Crippen molar-refractivity contribution in [2.75, 3.05) is 5.88 Å². The Morgan fingerprint density at radius 3 is 2.18 bits per heavy atom. The SMILES string of the molecule is CC1(C)OC(CCl)C(O)(O)O1. The molecular formula is C6H11ClO4. The summed E-state index contributed by atoms with van der Waals surface area (Å²) in [6.07, 6.45) is -0.890. The third-order valence-electron chi connectivity index (χ3n) is 1.38. The lowest BCUT2D eigenvalue weighted by Gasteiger charge is -2.18. The van der Waals surface area contributed by atoms with E-state index in [1.54, 1.807) is 13.8 Å². The summed E-state index contributed by atoms with van der Waals surface area (Å²) in [6.45, 7) is 3.17. The summed E-state index contributed by atoms with van der Waals surface area (Å²) in [5.74, 6) is -3.26. The van der Waals surface area contributed by atoms with Gasteiger partial charge in [0, 0.05) is 0 Å². The number of rotatable bonds is 1. The first-order valence-corrected chi connectivity index (χ1v) is 3.79. The number of hydrogen-bond acceptors (Lipinski definition) is 4. The average Bonchev–Trinajstić information content (AvgIpc) is 1.99. The molecule has 1 fully saturated rings. The third kappa shape index (κ3) is 1.83. The van der Waals surface area contributed by atoms with Gasteiger partial charge >= 0.3 is 5.97 Å². The minimum atomic E-state index is -2.26. The van der Waals surface area contributed by atoms with Gasteiger partial charge in [0.2, 0.25) is 0 Å². The summed E-state index contributed by atoms with van der Waals surface area (Å²) in [6, 6.07) is 0. The third-order valence-corrected chi connectivity index (χ3v) is 1.66. The van der Waals surface area contributed by atoms with Crippen LogP contribution in [0, 0.1) is 0 Å². The number of alkyl halides is 1. The lowest BCUT2D eigenvalue weighted by atomic mass is 10.3. The van der Waals surface area contributed by atoms with Crippen molar-refractivity contribution in [1.29, 1.82) is 0 Å². The van der Waals surface area contributed by atoms with Crippen LogP contribution in [0.3, 0.4) is 0 Å². The first-order valence-electron chi connectivity index (χ1n) is 3.26. The predicted octanol–water partition coefficient (Wildman–Crippen LogP) is 0.0151. The van der Waals surface area contributed by atoms with Gasteiger partial charge in [-0.25, -0.2) is 0 Å². The van der Waals surface area contributed by atoms with Crippen molar-refractivity contribution in [2.45, 2.75) is 31.7 Å². The molecule has 66 valence electrons. The van der Waals surface area contributed by atoms with E-state index in [0.717, 1.165) is 0 Å². The summed E-state index contributed by atoms with van der Waals surface area (Å²) in [5, 5.41) is 18.2. The highest BCUT2D eigenvalue weighted by Gasteiger charge is 2.51. The molecule has 1 unspecified atom stereocenters. The van der Waals surface area contributed by atoms with Gasteiger partial charge in [0.25, 0.3) is 0 Å². The standard InChI is InChI=1S/C6H11ClO4/c1-5(2)10-4(3-7)6(8,9)11-5/h4,8-9H,3H2,1-2H3. The molecule has 1 heterocycles. The van der Waals surface area contributed by atoms with Crippen molar-refractivity contribution in [1.82, 2.24) is 0 Å². The van der Waals surface area contributed by atoms with Gasteiger partial charge in [0.1, 0.15) is 0 Å². The van der Waals surface area contributed by atoms with Crippen molar-refractivity contribution in [3.05, 3.63) is 0 Å². The van der Waals surface area contributed by atoms with Gasteiger partial charge in [-0.3, -0.25) is 4.74 Å². The van der Waals surface area contributed by atoms with Crippen LogP contribution in [-0.4, -0.2) is 34.0 Å². The van der Waals surface area contributed by atoms with Gasteiger partial charge in [0.05, 0.1) is 5.88 Å². The van der Waals surface area contributed by atoms with Crippen LogP contribution in [0.2, 0.25) is 0 Å². The Bertz CT molecular complexity index is 157. The lowest BCUT2D eigenvalue weighted by Crippen LogP contribution is -2.40. The maximum atomic E-state index is 9.11. The molecule has 0 radical (unpaired) electrons. The van der Waals surface area contributed by atoms with Crippen LogP contribution in [0.25, 0.3) is 0 Å². The largest absolute Gasteiger partial charge is 0.341 e. The maximum Gasteiger partial charge on any atom is 0.309 e. The second-order valence-corrected chi connectivity index (χ2v) is 3.23. The molecule has 1 aliphatic heterocycles. The maximum absolute atomic E-state index is 9.11. The first kappa shape index (κ1) is 9.22. The zero-order chi connectivity index (χ0) is 8.70. The van der Waals surface area contributed by atoms with Crippen LogP contribution in [-0.2, 0) is 9.47 Å². The van der Waals surface area contributed by atoms with Crippen LogP contribution >= 0.6 is 11.6 Å². The summed E-state index contributed by atoms with van der Waals surface area (Å²) >= 11 is 5.39. The molecule has 1 atom stereocenters. The number of ether oxygens (including phenoxy) is 2. The van der Waals surface area contributed by atoms with Crippen molar-refractivity contribution in [2.24, 2.45) is 0 Å². The summed E-state index contributed by atoms with van der Waals surface area (Å²) in [5.41, 5.74) is 0. The topological polar surface area (TPSA) is 58.9 Å². The number of halogens is 1. The molecule has 0 aromatic carbocycles. The van der Waals surface area contributed by atoms with E-state index in [1.165, 1.54) is 0 Å². The van der Waals surface area contributed by atoms with E-state index in [-0.39, 0.29) is 5.88 Å². The molecule has 5 heteroatoms. The summed E-state index contributed by atoms with van der Waals surface area (Å²) in [7, 11) is 0. The molecular weight excluding hydrogens is 172 g/mol. The van der Waals surface area contributed by atoms with E-state index >= 15 is 0 Å². The average molecular weight is 183 g/mol. The summed E-state index contributed by atoms with van der Waals surface area (Å²) in [4.78, 5) is 0. The number of hydrogen-bond donors (Lipinski definition) is 2. The van der Waals surface area contributed by atoms with Gasteiger partial charge in [0.15, 0.2) is 11.9 Å². The quantitative estimate of drug-likeness (QED) is 0.443. The Morgan fingerprint density at radius 2 is 2.00 bits per heavy atom. The van der Waals surface area contributed by atoms with Crippen LogP contribution in [0.5, 0.6) is 0 Å². The van der Waals surface area contributed by atoms with Gasteiger partial charge < -0.3 is 14.9 Å². The molecule has 4 nitrogen and oxygen atoms in total. The highest BCUT2D eigenvalue weighted by atomic mass is 35.5. The molecule has 0 aliphatic carbocycles. The molecule has 1 rings (SSSR count). The van der Waals surface area contributed by atoms with E-state index in [4.69, 9.17) is 31.3 Å². The molecule has 0 amide bonds. The smallest absolute Gasteiger partial charge is 0.309 e. The summed E-state index contributed by atoms with van der Waals surface area (Å²) < 4.78 is 9.80. The van der Waals surface area contributed by atoms with E-state index in [1.807, 2.05) is 0 Å². The molecule has 2 N–H and O–H groups in total. The van der Waals surface area contributed by atoms with Crippen LogP contribution in [0.4, 0.5) is 0 Å². The minimum Gasteiger partial charge on any atom is -0.341 e. The first-order chi connectivity index (χ1) is 4.87. The van der Waals surface area contributed by atoms with E-state index in [9.17, 15) is 0 Å². The highest BCUT2D eigenvalue weighted by molar-refractivity contribution is 6.18. The second kappa shape index (κ2) is 2.57. The van der Waals surface area contributed by atoms with E-state index in [0.29, 0.717) is 0 Å². The fraction of sp³-hybridized carbons (Fsp3) is 1.00. The molecule has 0 spiro atoms. The van der Waals surface area contributed by atoms with Crippen molar-refractivity contribution < 1.29 is 19.7 Å². The monoisotopic (exact) mass is 182 g/mol. The Balaban J connectivity index is 2.71. The van der Waals surface area contributed by atoms with Gasteiger partial charge in [-0.2, -0.15) is 0 Å². The van der Waals surface area contributed by atoms with Crippen LogP contribution in [0.15, 0.2) is 0 Å². The van der Waals surface area contributed by atoms with Crippen molar-refractivity contribution in [3.8, 4) is 0 Å². The molecule has 11 heavy (non-hydrogen) atoms. The van der Waals surface area contributed by atoms with Gasteiger partial charge in [-0.05, 0) is 13.8 Å². The highest BCUT2D eigenvalue weighted by Crippen LogP contribution is 2.33. The molecule has 1 aliphatic rings. The molecule has 0 bridgehead atoms. The number of aliphatic hydroxyl groups is 2. The van der Waals surface area contributed by atoms with Crippen molar-refractivity contribution >= 4 is 11.6 Å². The fourth-order valence-electron chi connectivity index (χ4n) is 1.00. The Hall–Kier alpha value is 0.130. The minimum absolute atomic E-state index is 0.0174. The molecule has 1 saturated heterocycles. The molecule has 0 aromatic rings. The van der Waals surface area contributed by atoms with Crippen molar-refractivity contribution in [3.63, 3.8) is 0 Å². The molecule has 0 saturated carbocycles. The normalized spacial score (nSPS) is 34.1. The Labute approximate surface area is 69.7 Å². The predicted molar refractivity (Wildman–Crippen MR) is 37.9 cm³/mol. The molecule has 0 aromatic heterocycles. The van der Waals surface area contributed by atoms with E-state index in [2.05, 4.69) is 0 Å². The Kier molecular flexibility index (Phi) is 2.15. The lowest BCUT2D eigenvalue weighted by molar-refractivity contribution is -0.343.